The lowest BCUT2D eigenvalue weighted by Gasteiger charge is -2.07. The maximum Gasteiger partial charge on any atom is 0.137 e. The zero-order valence-electron chi connectivity index (χ0n) is 11.6. The van der Waals surface area contributed by atoms with Crippen molar-refractivity contribution in [1.82, 2.24) is 10.3 Å². The van der Waals surface area contributed by atoms with Crippen LogP contribution in [0, 0.1) is 0 Å². The third-order valence-corrected chi connectivity index (χ3v) is 2.66. The number of nitrogens with one attached hydrogen (secondary N) is 1. The first-order chi connectivity index (χ1) is 9.36. The van der Waals surface area contributed by atoms with Crippen LogP contribution in [0.25, 0.3) is 0 Å². The fourth-order valence-corrected chi connectivity index (χ4v) is 1.57. The fraction of sp³-hybridized carbons (Fsp3) is 0.643. The minimum Gasteiger partial charge on any atom is -0.492 e. The molecule has 0 amide bonds. The number of hydrogen-bond donors (Lipinski definition) is 2. The standard InChI is InChI=1S/C14H24N2O3/c1-18-10-7-15-11-13-5-6-14(12-16-13)19-9-4-2-3-8-17/h5-6,12,15,17H,2-4,7-11H2,1H3. The van der Waals surface area contributed by atoms with E-state index in [0.717, 1.165) is 43.8 Å². The molecule has 0 aliphatic carbocycles. The summed E-state index contributed by atoms with van der Waals surface area (Å²) in [5, 5.41) is 11.9. The molecule has 1 rings (SSSR count). The van der Waals surface area contributed by atoms with Gasteiger partial charge in [0.1, 0.15) is 5.75 Å². The van der Waals surface area contributed by atoms with Crippen LogP contribution in [0.5, 0.6) is 5.75 Å². The van der Waals surface area contributed by atoms with Gasteiger partial charge in [-0.15, -0.1) is 0 Å². The van der Waals surface area contributed by atoms with Crippen molar-refractivity contribution in [2.45, 2.75) is 25.8 Å². The SMILES string of the molecule is COCCNCc1ccc(OCCCCCO)cn1. The molecule has 0 unspecified atom stereocenters. The van der Waals surface area contributed by atoms with Crippen molar-refractivity contribution in [3.8, 4) is 5.75 Å². The van der Waals surface area contributed by atoms with Gasteiger partial charge in [-0.25, -0.2) is 0 Å². The Bertz CT molecular complexity index is 317. The minimum atomic E-state index is 0.256. The summed E-state index contributed by atoms with van der Waals surface area (Å²) in [5.74, 6) is 0.796. The number of hydrogen-bond acceptors (Lipinski definition) is 5. The first kappa shape index (κ1) is 15.9. The van der Waals surface area contributed by atoms with Gasteiger partial charge >= 0.3 is 0 Å². The molecule has 0 saturated heterocycles. The zero-order valence-corrected chi connectivity index (χ0v) is 11.6. The average Bonchev–Trinajstić information content (AvgIpc) is 2.45. The predicted octanol–water partition coefficient (Wildman–Crippen LogP) is 1.36. The van der Waals surface area contributed by atoms with E-state index in [1.807, 2.05) is 12.1 Å². The summed E-state index contributed by atoms with van der Waals surface area (Å²) in [6, 6.07) is 3.90. The second kappa shape index (κ2) is 10.7. The molecular weight excluding hydrogens is 244 g/mol. The molecule has 0 radical (unpaired) electrons. The lowest BCUT2D eigenvalue weighted by molar-refractivity contribution is 0.199. The van der Waals surface area contributed by atoms with Gasteiger partial charge in [0.15, 0.2) is 0 Å². The molecule has 2 N–H and O–H groups in total. The maximum atomic E-state index is 8.65. The highest BCUT2D eigenvalue weighted by molar-refractivity contribution is 5.19. The number of aromatic nitrogens is 1. The number of nitrogens with zero attached hydrogens (tertiary/aromatic N) is 1. The van der Waals surface area contributed by atoms with E-state index in [0.29, 0.717) is 13.2 Å². The van der Waals surface area contributed by atoms with Crippen molar-refractivity contribution in [2.75, 3.05) is 33.5 Å². The number of aliphatic hydroxyl groups excluding tert-OH is 1. The summed E-state index contributed by atoms with van der Waals surface area (Å²) >= 11 is 0. The molecule has 0 spiro atoms. The van der Waals surface area contributed by atoms with E-state index in [1.54, 1.807) is 13.3 Å². The zero-order chi connectivity index (χ0) is 13.8. The molecule has 0 saturated carbocycles. The van der Waals surface area contributed by atoms with Gasteiger partial charge in [-0.05, 0) is 31.4 Å². The van der Waals surface area contributed by atoms with E-state index in [1.165, 1.54) is 0 Å². The molecule has 19 heavy (non-hydrogen) atoms. The van der Waals surface area contributed by atoms with E-state index in [2.05, 4.69) is 10.3 Å². The monoisotopic (exact) mass is 268 g/mol. The summed E-state index contributed by atoms with van der Waals surface area (Å²) in [6.45, 7) is 3.19. The van der Waals surface area contributed by atoms with Crippen LogP contribution in [0.15, 0.2) is 18.3 Å². The van der Waals surface area contributed by atoms with Crippen LogP contribution in [0.4, 0.5) is 0 Å². The average molecular weight is 268 g/mol. The van der Waals surface area contributed by atoms with Crippen LogP contribution in [-0.2, 0) is 11.3 Å². The molecule has 0 aliphatic heterocycles. The number of rotatable bonds is 11. The topological polar surface area (TPSA) is 63.6 Å². The molecule has 0 bridgehead atoms. The third kappa shape index (κ3) is 7.77. The number of aliphatic hydroxyl groups is 1. The normalized spacial score (nSPS) is 10.6. The Labute approximate surface area is 115 Å². The molecule has 5 nitrogen and oxygen atoms in total. The quantitative estimate of drug-likeness (QED) is 0.593. The number of unbranched alkanes of at least 4 members (excludes halogenated alkanes) is 2. The van der Waals surface area contributed by atoms with E-state index in [-0.39, 0.29) is 6.61 Å². The molecule has 0 aromatic carbocycles. The third-order valence-electron chi connectivity index (χ3n) is 2.66. The van der Waals surface area contributed by atoms with Crippen LogP contribution in [-0.4, -0.2) is 43.6 Å². The number of ether oxygens (including phenoxy) is 2. The van der Waals surface area contributed by atoms with Crippen molar-refractivity contribution < 1.29 is 14.6 Å². The van der Waals surface area contributed by atoms with Crippen molar-refractivity contribution >= 4 is 0 Å². The van der Waals surface area contributed by atoms with Gasteiger partial charge in [0, 0.05) is 26.8 Å². The number of methoxy groups -OCH3 is 1. The van der Waals surface area contributed by atoms with E-state index < -0.39 is 0 Å². The van der Waals surface area contributed by atoms with Crippen LogP contribution in [0.1, 0.15) is 25.0 Å². The molecule has 0 aliphatic rings. The fourth-order valence-electron chi connectivity index (χ4n) is 1.57. The Kier molecular flexibility index (Phi) is 8.97. The van der Waals surface area contributed by atoms with Crippen molar-refractivity contribution in [3.63, 3.8) is 0 Å². The second-order valence-corrected chi connectivity index (χ2v) is 4.29. The van der Waals surface area contributed by atoms with Crippen molar-refractivity contribution in [2.24, 2.45) is 0 Å². The van der Waals surface area contributed by atoms with Gasteiger partial charge in [0.05, 0.1) is 25.1 Å². The Balaban J connectivity index is 2.16. The minimum absolute atomic E-state index is 0.256. The molecule has 1 heterocycles. The first-order valence-corrected chi connectivity index (χ1v) is 6.75. The lowest BCUT2D eigenvalue weighted by Crippen LogP contribution is -2.19. The second-order valence-electron chi connectivity index (χ2n) is 4.29. The summed E-state index contributed by atoms with van der Waals surface area (Å²) in [5.41, 5.74) is 0.990. The molecule has 108 valence electrons. The number of pyridine rings is 1. The van der Waals surface area contributed by atoms with Gasteiger partial charge in [-0.1, -0.05) is 0 Å². The molecule has 5 heteroatoms. The molecule has 0 atom stereocenters. The van der Waals surface area contributed by atoms with Gasteiger partial charge in [0.2, 0.25) is 0 Å². The Morgan fingerprint density at radius 2 is 2.11 bits per heavy atom. The van der Waals surface area contributed by atoms with Crippen LogP contribution in [0.3, 0.4) is 0 Å². The Morgan fingerprint density at radius 3 is 2.79 bits per heavy atom. The highest BCUT2D eigenvalue weighted by Crippen LogP contribution is 2.10. The smallest absolute Gasteiger partial charge is 0.137 e. The maximum absolute atomic E-state index is 8.65. The van der Waals surface area contributed by atoms with Crippen LogP contribution in [0.2, 0.25) is 0 Å². The highest BCUT2D eigenvalue weighted by atomic mass is 16.5. The molecule has 0 fully saturated rings. The highest BCUT2D eigenvalue weighted by Gasteiger charge is 1.97. The van der Waals surface area contributed by atoms with Crippen LogP contribution < -0.4 is 10.1 Å². The first-order valence-electron chi connectivity index (χ1n) is 6.75. The summed E-state index contributed by atoms with van der Waals surface area (Å²) in [6.07, 6.45) is 4.54. The van der Waals surface area contributed by atoms with Gasteiger partial charge in [0.25, 0.3) is 0 Å². The van der Waals surface area contributed by atoms with Crippen molar-refractivity contribution in [3.05, 3.63) is 24.0 Å². The van der Waals surface area contributed by atoms with E-state index in [9.17, 15) is 0 Å². The summed E-state index contributed by atoms with van der Waals surface area (Å²) < 4.78 is 10.5. The van der Waals surface area contributed by atoms with Crippen LogP contribution >= 0.6 is 0 Å². The van der Waals surface area contributed by atoms with Gasteiger partial charge in [-0.3, -0.25) is 4.98 Å². The molecule has 1 aromatic rings. The lowest BCUT2D eigenvalue weighted by atomic mass is 10.2. The van der Waals surface area contributed by atoms with E-state index in [4.69, 9.17) is 14.6 Å². The van der Waals surface area contributed by atoms with Crippen molar-refractivity contribution in [1.29, 1.82) is 0 Å². The summed E-state index contributed by atoms with van der Waals surface area (Å²) in [7, 11) is 1.69. The van der Waals surface area contributed by atoms with E-state index >= 15 is 0 Å². The Hall–Kier alpha value is -1.17. The van der Waals surface area contributed by atoms with Gasteiger partial charge < -0.3 is 19.9 Å². The molecular formula is C14H24N2O3. The summed E-state index contributed by atoms with van der Waals surface area (Å²) in [4.78, 5) is 4.32. The predicted molar refractivity (Wildman–Crippen MR) is 74.3 cm³/mol. The Morgan fingerprint density at radius 1 is 1.21 bits per heavy atom. The van der Waals surface area contributed by atoms with Gasteiger partial charge in [-0.2, -0.15) is 0 Å². The molecule has 1 aromatic heterocycles. The largest absolute Gasteiger partial charge is 0.492 e.